The minimum atomic E-state index is -3.69. The Morgan fingerprint density at radius 1 is 1.00 bits per heavy atom. The molecule has 9 heteroatoms. The van der Waals surface area contributed by atoms with E-state index < -0.39 is 10.0 Å². The van der Waals surface area contributed by atoms with Crippen LogP contribution in [0, 0.1) is 0 Å². The van der Waals surface area contributed by atoms with Gasteiger partial charge in [-0.25, -0.2) is 8.42 Å². The first-order valence-corrected chi connectivity index (χ1v) is 10.3. The molecule has 0 atom stereocenters. The number of hydrogen-bond donors (Lipinski definition) is 2. The molecule has 0 aromatic heterocycles. The predicted molar refractivity (Wildman–Crippen MR) is 103 cm³/mol. The van der Waals surface area contributed by atoms with E-state index in [-0.39, 0.29) is 23.2 Å². The van der Waals surface area contributed by atoms with E-state index in [0.717, 1.165) is 32.8 Å². The first-order chi connectivity index (χ1) is 13.0. The number of hydrogen-bond acceptors (Lipinski definition) is 5. The number of nitrogens with zero attached hydrogens (tertiary/aromatic N) is 1. The molecule has 1 aliphatic heterocycles. The van der Waals surface area contributed by atoms with Gasteiger partial charge in [0.2, 0.25) is 0 Å². The number of nitrogens with one attached hydrogen (secondary N) is 2. The predicted octanol–water partition coefficient (Wildman–Crippen LogP) is -1.45. The van der Waals surface area contributed by atoms with Crippen LogP contribution in [0.5, 0.6) is 0 Å². The van der Waals surface area contributed by atoms with E-state index in [1.54, 1.807) is 24.3 Å². The molecule has 152 valence electrons. The lowest BCUT2D eigenvalue weighted by molar-refractivity contribution is -0.0000184. The maximum absolute atomic E-state index is 12.4. The van der Waals surface area contributed by atoms with Crippen molar-refractivity contribution < 1.29 is 30.4 Å². The molecule has 1 aliphatic rings. The minimum absolute atomic E-state index is 0. The van der Waals surface area contributed by atoms with Gasteiger partial charge in [0.05, 0.1) is 18.1 Å². The van der Waals surface area contributed by atoms with Gasteiger partial charge < -0.3 is 22.5 Å². The van der Waals surface area contributed by atoms with Crippen LogP contribution in [0.1, 0.15) is 10.4 Å². The smallest absolute Gasteiger partial charge is 0.261 e. The van der Waals surface area contributed by atoms with Gasteiger partial charge in [-0.2, -0.15) is 0 Å². The van der Waals surface area contributed by atoms with Crippen LogP contribution in [0.25, 0.3) is 0 Å². The number of carbonyl (C=O) groups excluding carboxylic acids is 1. The number of halogens is 1. The molecule has 2 N–H and O–H groups in total. The van der Waals surface area contributed by atoms with Crippen molar-refractivity contribution in [3.8, 4) is 0 Å². The Bertz CT molecular complexity index is 855. The van der Waals surface area contributed by atoms with Gasteiger partial charge in [-0.1, -0.05) is 18.2 Å². The van der Waals surface area contributed by atoms with E-state index in [2.05, 4.69) is 14.9 Å². The summed E-state index contributed by atoms with van der Waals surface area (Å²) in [6, 6.07) is 14.6. The molecule has 1 heterocycles. The van der Waals surface area contributed by atoms with Crippen LogP contribution in [0.3, 0.4) is 0 Å². The monoisotopic (exact) mass is 424 g/mol. The number of carbonyl (C=O) groups is 1. The number of para-hydroxylation sites is 1. The van der Waals surface area contributed by atoms with Crippen LogP contribution in [0.4, 0.5) is 5.69 Å². The van der Waals surface area contributed by atoms with Gasteiger partial charge in [-0.3, -0.25) is 14.4 Å². The Balaban J connectivity index is 0.00000280. The van der Waals surface area contributed by atoms with Crippen LogP contribution in [0.15, 0.2) is 59.5 Å². The van der Waals surface area contributed by atoms with Crippen molar-refractivity contribution in [2.24, 2.45) is 0 Å². The fraction of sp³-hybridized carbons (Fsp3) is 0.316. The van der Waals surface area contributed by atoms with E-state index in [9.17, 15) is 13.2 Å². The number of amides is 1. The summed E-state index contributed by atoms with van der Waals surface area (Å²) >= 11 is 0. The Kier molecular flexibility index (Phi) is 8.25. The molecule has 1 fully saturated rings. The maximum Gasteiger partial charge on any atom is 0.261 e. The van der Waals surface area contributed by atoms with Crippen LogP contribution >= 0.6 is 0 Å². The van der Waals surface area contributed by atoms with Crippen LogP contribution in [0.2, 0.25) is 0 Å². The second-order valence-electron chi connectivity index (χ2n) is 6.21. The quantitative estimate of drug-likeness (QED) is 0.568. The van der Waals surface area contributed by atoms with Crippen molar-refractivity contribution in [2.45, 2.75) is 4.90 Å². The zero-order chi connectivity index (χ0) is 19.1. The van der Waals surface area contributed by atoms with Crippen molar-refractivity contribution in [3.63, 3.8) is 0 Å². The fourth-order valence-electron chi connectivity index (χ4n) is 2.76. The van der Waals surface area contributed by atoms with E-state index in [0.29, 0.717) is 17.8 Å². The lowest BCUT2D eigenvalue weighted by atomic mass is 10.2. The van der Waals surface area contributed by atoms with Gasteiger partial charge in [0.1, 0.15) is 0 Å². The zero-order valence-electron chi connectivity index (χ0n) is 15.3. The molecule has 1 saturated heterocycles. The normalized spacial score (nSPS) is 14.7. The van der Waals surface area contributed by atoms with E-state index in [1.807, 2.05) is 6.07 Å². The molecule has 0 spiro atoms. The second-order valence-corrected chi connectivity index (χ2v) is 7.89. The maximum atomic E-state index is 12.4. The van der Waals surface area contributed by atoms with Gasteiger partial charge in [0, 0.05) is 37.4 Å². The number of rotatable bonds is 7. The van der Waals surface area contributed by atoms with Crippen LogP contribution in [-0.4, -0.2) is 58.6 Å². The topological polar surface area (TPSA) is 87.7 Å². The summed E-state index contributed by atoms with van der Waals surface area (Å²) in [5.74, 6) is -0.219. The summed E-state index contributed by atoms with van der Waals surface area (Å²) in [6.45, 7) is 4.49. The van der Waals surface area contributed by atoms with Crippen molar-refractivity contribution in [2.75, 3.05) is 44.1 Å². The average Bonchev–Trinajstić information content (AvgIpc) is 2.69. The Morgan fingerprint density at radius 2 is 1.64 bits per heavy atom. The first kappa shape index (κ1) is 22.2. The highest BCUT2D eigenvalue weighted by Crippen LogP contribution is 2.16. The van der Waals surface area contributed by atoms with Crippen molar-refractivity contribution in [1.29, 1.82) is 0 Å². The highest BCUT2D eigenvalue weighted by Gasteiger charge is 2.15. The molecule has 7 nitrogen and oxygen atoms in total. The first-order valence-electron chi connectivity index (χ1n) is 8.81. The van der Waals surface area contributed by atoms with Gasteiger partial charge in [-0.15, -0.1) is 0 Å². The molecule has 28 heavy (non-hydrogen) atoms. The van der Waals surface area contributed by atoms with Crippen molar-refractivity contribution >= 4 is 21.6 Å². The van der Waals surface area contributed by atoms with Crippen molar-refractivity contribution in [3.05, 3.63) is 60.2 Å². The number of morpholine rings is 1. The SMILES string of the molecule is O=C(NCCN1CCOCC1)c1ccc(S(=O)(=O)Nc2ccccc2)cc1.[Cl-]. The van der Waals surface area contributed by atoms with Crippen molar-refractivity contribution in [1.82, 2.24) is 10.2 Å². The summed E-state index contributed by atoms with van der Waals surface area (Å²) in [6.07, 6.45) is 0. The zero-order valence-corrected chi connectivity index (χ0v) is 16.9. The van der Waals surface area contributed by atoms with E-state index in [4.69, 9.17) is 4.74 Å². The summed E-state index contributed by atoms with van der Waals surface area (Å²) in [5, 5.41) is 2.86. The van der Waals surface area contributed by atoms with Gasteiger partial charge in [0.15, 0.2) is 0 Å². The highest BCUT2D eigenvalue weighted by molar-refractivity contribution is 7.92. The summed E-state index contributed by atoms with van der Waals surface area (Å²) in [7, 11) is -3.69. The number of anilines is 1. The van der Waals surface area contributed by atoms with Gasteiger partial charge in [-0.05, 0) is 36.4 Å². The molecule has 0 bridgehead atoms. The fourth-order valence-corrected chi connectivity index (χ4v) is 3.82. The number of ether oxygens (including phenoxy) is 1. The van der Waals surface area contributed by atoms with E-state index in [1.165, 1.54) is 24.3 Å². The lowest BCUT2D eigenvalue weighted by Gasteiger charge is -2.26. The molecule has 0 saturated carbocycles. The van der Waals surface area contributed by atoms with Gasteiger partial charge in [0.25, 0.3) is 15.9 Å². The van der Waals surface area contributed by atoms with Crippen LogP contribution in [-0.2, 0) is 14.8 Å². The average molecular weight is 425 g/mol. The molecule has 0 unspecified atom stereocenters. The summed E-state index contributed by atoms with van der Waals surface area (Å²) in [5.41, 5.74) is 0.915. The molecule has 0 radical (unpaired) electrons. The molecule has 2 aromatic rings. The molecular formula is C19H23ClN3O4S-. The third-order valence-electron chi connectivity index (χ3n) is 4.27. The lowest BCUT2D eigenvalue weighted by Crippen LogP contribution is -3.00. The third-order valence-corrected chi connectivity index (χ3v) is 5.67. The highest BCUT2D eigenvalue weighted by atomic mass is 35.5. The largest absolute Gasteiger partial charge is 1.00 e. The minimum Gasteiger partial charge on any atom is -1.00 e. The third kappa shape index (κ3) is 6.20. The van der Waals surface area contributed by atoms with Gasteiger partial charge >= 0.3 is 0 Å². The van der Waals surface area contributed by atoms with E-state index >= 15 is 0 Å². The summed E-state index contributed by atoms with van der Waals surface area (Å²) in [4.78, 5) is 14.6. The molecule has 3 rings (SSSR count). The Labute approximate surface area is 171 Å². The molecule has 0 aliphatic carbocycles. The Hall–Kier alpha value is -2.13. The second kappa shape index (κ2) is 10.4. The van der Waals surface area contributed by atoms with Crippen LogP contribution < -0.4 is 22.4 Å². The standard InChI is InChI=1S/C19H23N3O4S.ClH/c23-19(20-10-11-22-12-14-26-15-13-22)16-6-8-18(9-7-16)27(24,25)21-17-4-2-1-3-5-17;/h1-9,21H,10-15H2,(H,20,23);1H/p-1. The number of benzene rings is 2. The molecule has 2 aromatic carbocycles. The molecule has 1 amide bonds. The summed E-state index contributed by atoms with van der Waals surface area (Å²) < 4.78 is 32.6. The Morgan fingerprint density at radius 3 is 2.29 bits per heavy atom. The number of sulfonamides is 1. The molecular weight excluding hydrogens is 402 g/mol.